The quantitative estimate of drug-likeness (QED) is 0.461. The highest BCUT2D eigenvalue weighted by molar-refractivity contribution is 5.97. The van der Waals surface area contributed by atoms with Crippen molar-refractivity contribution < 1.29 is 15.3 Å². The predicted octanol–water partition coefficient (Wildman–Crippen LogP) is 5.03. The van der Waals surface area contributed by atoms with Crippen molar-refractivity contribution in [3.8, 4) is 34.5 Å². The molecule has 4 aromatic rings. The largest absolute Gasteiger partial charge is 0.508 e. The molecule has 5 heteroatoms. The Balaban J connectivity index is 1.79. The van der Waals surface area contributed by atoms with Crippen LogP contribution in [0.15, 0.2) is 48.7 Å². The van der Waals surface area contributed by atoms with Crippen molar-refractivity contribution in [3.63, 3.8) is 0 Å². The Kier molecular flexibility index (Phi) is 3.81. The van der Waals surface area contributed by atoms with E-state index in [9.17, 15) is 15.3 Å². The number of hydrogen-bond donors (Lipinski definition) is 3. The monoisotopic (exact) mass is 386 g/mol. The van der Waals surface area contributed by atoms with Gasteiger partial charge in [-0.25, -0.2) is 4.98 Å². The van der Waals surface area contributed by atoms with Crippen LogP contribution in [-0.4, -0.2) is 24.9 Å². The third-order valence-corrected chi connectivity index (χ3v) is 5.88. The molecule has 5 rings (SSSR count). The van der Waals surface area contributed by atoms with Crippen molar-refractivity contribution in [2.75, 3.05) is 0 Å². The van der Waals surface area contributed by atoms with E-state index in [1.165, 1.54) is 22.6 Å². The zero-order valence-electron chi connectivity index (χ0n) is 16.3. The zero-order valence-corrected chi connectivity index (χ0v) is 16.3. The summed E-state index contributed by atoms with van der Waals surface area (Å²) in [5.41, 5.74) is 5.26. The van der Waals surface area contributed by atoms with Crippen LogP contribution < -0.4 is 0 Å². The van der Waals surface area contributed by atoms with Gasteiger partial charge in [0.25, 0.3) is 6.01 Å². The summed E-state index contributed by atoms with van der Waals surface area (Å²) in [6.07, 6.45) is 3.60. The normalized spacial score (nSPS) is 12.9. The summed E-state index contributed by atoms with van der Waals surface area (Å²) >= 11 is 0. The second kappa shape index (κ2) is 6.27. The number of aromatic nitrogens is 2. The van der Waals surface area contributed by atoms with Crippen LogP contribution in [0.25, 0.3) is 27.7 Å². The number of nitrogens with zero attached hydrogens (tertiary/aromatic N) is 2. The van der Waals surface area contributed by atoms with Crippen LogP contribution in [0.5, 0.6) is 17.5 Å². The molecule has 1 aliphatic rings. The first-order chi connectivity index (χ1) is 14.0. The minimum Gasteiger partial charge on any atom is -0.508 e. The van der Waals surface area contributed by atoms with Gasteiger partial charge >= 0.3 is 0 Å². The van der Waals surface area contributed by atoms with Gasteiger partial charge < -0.3 is 15.3 Å². The third-order valence-electron chi connectivity index (χ3n) is 5.88. The zero-order chi connectivity index (χ0) is 20.3. The second-order valence-electron chi connectivity index (χ2n) is 7.95. The fourth-order valence-electron chi connectivity index (χ4n) is 4.46. The fourth-order valence-corrected chi connectivity index (χ4v) is 4.46. The lowest BCUT2D eigenvalue weighted by atomic mass is 9.97. The van der Waals surface area contributed by atoms with Gasteiger partial charge in [0.05, 0.1) is 17.6 Å². The number of aromatic hydroxyl groups is 3. The molecular weight excluding hydrogens is 364 g/mol. The Bertz CT molecular complexity index is 1260. The second-order valence-corrected chi connectivity index (χ2v) is 7.95. The van der Waals surface area contributed by atoms with Gasteiger partial charge in [0.15, 0.2) is 0 Å². The molecule has 146 valence electrons. The molecular formula is C24H22N2O3. The standard InChI is InChI=1S/C24H22N2O3/c1-13(2)17-10-18(22(28)11-21(17)27)20-12-25-24(29)26(20)19-9-8-15-7-6-14-4-3-5-16(19)23(14)15/h3-5,8-13,27-28H,6-7H2,1-2H3,(H,25,29). The lowest BCUT2D eigenvalue weighted by Gasteiger charge is -2.16. The molecule has 0 unspecified atom stereocenters. The van der Waals surface area contributed by atoms with E-state index in [1.54, 1.807) is 16.8 Å². The first kappa shape index (κ1) is 17.6. The highest BCUT2D eigenvalue weighted by Gasteiger charge is 2.22. The van der Waals surface area contributed by atoms with E-state index < -0.39 is 0 Å². The molecule has 0 radical (unpaired) electrons. The summed E-state index contributed by atoms with van der Waals surface area (Å²) < 4.78 is 1.66. The summed E-state index contributed by atoms with van der Waals surface area (Å²) in [5.74, 6) is 0.0805. The number of imidazole rings is 1. The summed E-state index contributed by atoms with van der Waals surface area (Å²) in [5, 5.41) is 33.7. The Morgan fingerprint density at radius 1 is 0.931 bits per heavy atom. The number of phenolic OH excluding ortho intramolecular Hbond substituents is 2. The molecule has 29 heavy (non-hydrogen) atoms. The van der Waals surface area contributed by atoms with Crippen LogP contribution in [0.3, 0.4) is 0 Å². The maximum absolute atomic E-state index is 10.6. The predicted molar refractivity (Wildman–Crippen MR) is 113 cm³/mol. The summed E-state index contributed by atoms with van der Waals surface area (Å²) in [6, 6.07) is 13.3. The van der Waals surface area contributed by atoms with E-state index in [4.69, 9.17) is 0 Å². The van der Waals surface area contributed by atoms with Crippen LogP contribution in [0.2, 0.25) is 0 Å². The molecule has 0 bridgehead atoms. The Labute approximate surface area is 168 Å². The fraction of sp³-hybridized carbons (Fsp3) is 0.208. The molecule has 0 aliphatic heterocycles. The molecule has 0 saturated carbocycles. The summed E-state index contributed by atoms with van der Waals surface area (Å²) in [6.45, 7) is 3.96. The maximum atomic E-state index is 10.6. The van der Waals surface area contributed by atoms with Crippen molar-refractivity contribution in [3.05, 3.63) is 65.4 Å². The minimum absolute atomic E-state index is 0.0565. The molecule has 0 amide bonds. The number of phenols is 2. The molecule has 5 nitrogen and oxygen atoms in total. The van der Waals surface area contributed by atoms with Crippen molar-refractivity contribution in [1.82, 2.24) is 9.55 Å². The van der Waals surface area contributed by atoms with Crippen molar-refractivity contribution in [1.29, 1.82) is 0 Å². The molecule has 1 aliphatic carbocycles. The Hall–Kier alpha value is -3.47. The SMILES string of the molecule is CC(C)c1cc(-c2cnc(O)n2-c2ccc3c4c(cccc24)CC3)c(O)cc1O. The lowest BCUT2D eigenvalue weighted by molar-refractivity contribution is 0.423. The maximum Gasteiger partial charge on any atom is 0.299 e. The number of aryl methyl sites for hydroxylation is 2. The molecule has 3 aromatic carbocycles. The average Bonchev–Trinajstić information content (AvgIpc) is 3.27. The van der Waals surface area contributed by atoms with Crippen molar-refractivity contribution in [2.45, 2.75) is 32.6 Å². The number of benzene rings is 3. The first-order valence-corrected chi connectivity index (χ1v) is 9.82. The van der Waals surface area contributed by atoms with Gasteiger partial charge in [-0.15, -0.1) is 0 Å². The smallest absolute Gasteiger partial charge is 0.299 e. The van der Waals surface area contributed by atoms with Gasteiger partial charge in [-0.05, 0) is 53.0 Å². The van der Waals surface area contributed by atoms with Crippen LogP contribution in [0, 0.1) is 0 Å². The van der Waals surface area contributed by atoms with Gasteiger partial charge in [-0.3, -0.25) is 4.57 Å². The minimum atomic E-state index is -0.141. The van der Waals surface area contributed by atoms with E-state index in [0.29, 0.717) is 11.3 Å². The van der Waals surface area contributed by atoms with Crippen molar-refractivity contribution >= 4 is 10.8 Å². The average molecular weight is 386 g/mol. The third kappa shape index (κ3) is 2.58. The summed E-state index contributed by atoms with van der Waals surface area (Å²) in [4.78, 5) is 4.12. The molecule has 0 saturated heterocycles. The summed E-state index contributed by atoms with van der Waals surface area (Å²) in [7, 11) is 0. The molecule has 1 heterocycles. The number of hydrogen-bond acceptors (Lipinski definition) is 4. The van der Waals surface area contributed by atoms with Crippen molar-refractivity contribution in [2.24, 2.45) is 0 Å². The van der Waals surface area contributed by atoms with E-state index in [0.717, 1.165) is 29.5 Å². The van der Waals surface area contributed by atoms with Crippen LogP contribution >= 0.6 is 0 Å². The molecule has 0 atom stereocenters. The van der Waals surface area contributed by atoms with E-state index in [-0.39, 0.29) is 23.4 Å². The van der Waals surface area contributed by atoms with Crippen LogP contribution in [0.4, 0.5) is 0 Å². The molecule has 0 spiro atoms. The van der Waals surface area contributed by atoms with Gasteiger partial charge in [-0.1, -0.05) is 38.1 Å². The van der Waals surface area contributed by atoms with Gasteiger partial charge in [0.2, 0.25) is 0 Å². The highest BCUT2D eigenvalue weighted by atomic mass is 16.3. The lowest BCUT2D eigenvalue weighted by Crippen LogP contribution is -1.99. The first-order valence-electron chi connectivity index (χ1n) is 9.82. The molecule has 0 fully saturated rings. The van der Waals surface area contributed by atoms with E-state index >= 15 is 0 Å². The van der Waals surface area contributed by atoms with E-state index in [2.05, 4.69) is 23.2 Å². The van der Waals surface area contributed by atoms with Gasteiger partial charge in [-0.2, -0.15) is 0 Å². The molecule has 1 aromatic heterocycles. The van der Waals surface area contributed by atoms with Crippen LogP contribution in [-0.2, 0) is 12.8 Å². The highest BCUT2D eigenvalue weighted by Crippen LogP contribution is 2.42. The van der Waals surface area contributed by atoms with Crippen LogP contribution in [0.1, 0.15) is 36.5 Å². The Morgan fingerprint density at radius 3 is 2.45 bits per heavy atom. The van der Waals surface area contributed by atoms with Gasteiger partial charge in [0.1, 0.15) is 11.5 Å². The van der Waals surface area contributed by atoms with Gasteiger partial charge in [0, 0.05) is 17.0 Å². The topological polar surface area (TPSA) is 78.5 Å². The van der Waals surface area contributed by atoms with E-state index in [1.807, 2.05) is 26.0 Å². The Morgan fingerprint density at radius 2 is 1.69 bits per heavy atom. The number of rotatable bonds is 3. The molecule has 3 N–H and O–H groups in total.